The smallest absolute Gasteiger partial charge is 0.408 e. The topological polar surface area (TPSA) is 80.2 Å². The van der Waals surface area contributed by atoms with E-state index in [-0.39, 0.29) is 13.0 Å². The minimum Gasteiger partial charge on any atom is -0.444 e. The predicted molar refractivity (Wildman–Crippen MR) is 102 cm³/mol. The van der Waals surface area contributed by atoms with E-state index >= 15 is 0 Å². The number of anilines is 1. The lowest BCUT2D eigenvalue weighted by Crippen LogP contribution is -2.54. The normalized spacial score (nSPS) is 20.6. The van der Waals surface area contributed by atoms with Crippen LogP contribution in [0.4, 0.5) is 15.0 Å². The molecule has 0 bridgehead atoms. The standard InChI is InChI=1S/C18H23ClFN5O2/c1-10-7-13(19)24-15-14(10)21-9-22-16(15)25-6-5-11(20)12(8-25)23-17(26)27-18(2,3)4/h7,9,11-12H,5-6,8H2,1-4H3,(H,23,26). The zero-order valence-electron chi connectivity index (χ0n) is 15.8. The molecule has 0 aromatic carbocycles. The van der Waals surface area contributed by atoms with Gasteiger partial charge < -0.3 is 15.0 Å². The molecule has 2 atom stereocenters. The van der Waals surface area contributed by atoms with E-state index in [4.69, 9.17) is 16.3 Å². The van der Waals surface area contributed by atoms with Crippen LogP contribution in [-0.2, 0) is 4.74 Å². The SMILES string of the molecule is Cc1cc(Cl)nc2c(N3CCC(F)C(NC(=O)OC(C)(C)C)C3)ncnc12. The fourth-order valence-corrected chi connectivity index (χ4v) is 3.34. The summed E-state index contributed by atoms with van der Waals surface area (Å²) in [5.41, 5.74) is 1.50. The summed E-state index contributed by atoms with van der Waals surface area (Å²) in [6.07, 6.45) is -0.0921. The molecular formula is C18H23ClFN5O2. The van der Waals surface area contributed by atoms with Gasteiger partial charge in [-0.3, -0.25) is 0 Å². The third kappa shape index (κ3) is 4.55. The van der Waals surface area contributed by atoms with E-state index in [0.29, 0.717) is 28.5 Å². The Balaban J connectivity index is 1.84. The van der Waals surface area contributed by atoms with Gasteiger partial charge in [-0.05, 0) is 45.7 Å². The number of ether oxygens (including phenoxy) is 1. The highest BCUT2D eigenvalue weighted by atomic mass is 35.5. The first-order valence-electron chi connectivity index (χ1n) is 8.80. The van der Waals surface area contributed by atoms with E-state index in [9.17, 15) is 9.18 Å². The highest BCUT2D eigenvalue weighted by Crippen LogP contribution is 2.28. The molecule has 1 amide bonds. The van der Waals surface area contributed by atoms with Gasteiger partial charge >= 0.3 is 6.09 Å². The molecule has 9 heteroatoms. The highest BCUT2D eigenvalue weighted by Gasteiger charge is 2.33. The van der Waals surface area contributed by atoms with Gasteiger partial charge in [-0.15, -0.1) is 0 Å². The van der Waals surface area contributed by atoms with Crippen LogP contribution in [0.15, 0.2) is 12.4 Å². The molecule has 3 heterocycles. The van der Waals surface area contributed by atoms with Crippen molar-refractivity contribution in [2.75, 3.05) is 18.0 Å². The van der Waals surface area contributed by atoms with E-state index in [1.807, 2.05) is 11.8 Å². The van der Waals surface area contributed by atoms with Gasteiger partial charge in [0.2, 0.25) is 0 Å². The summed E-state index contributed by atoms with van der Waals surface area (Å²) in [5, 5.41) is 2.98. The predicted octanol–water partition coefficient (Wildman–Crippen LogP) is 3.43. The molecule has 0 saturated carbocycles. The number of hydrogen-bond donors (Lipinski definition) is 1. The summed E-state index contributed by atoms with van der Waals surface area (Å²) < 4.78 is 19.6. The summed E-state index contributed by atoms with van der Waals surface area (Å²) in [7, 11) is 0. The summed E-state index contributed by atoms with van der Waals surface area (Å²) in [4.78, 5) is 26.9. The van der Waals surface area contributed by atoms with E-state index in [1.165, 1.54) is 6.33 Å². The van der Waals surface area contributed by atoms with Crippen molar-refractivity contribution >= 4 is 34.5 Å². The van der Waals surface area contributed by atoms with Crippen molar-refractivity contribution in [3.05, 3.63) is 23.1 Å². The fourth-order valence-electron chi connectivity index (χ4n) is 3.09. The molecule has 0 aliphatic carbocycles. The van der Waals surface area contributed by atoms with E-state index < -0.39 is 23.9 Å². The zero-order chi connectivity index (χ0) is 19.8. The van der Waals surface area contributed by atoms with Crippen LogP contribution < -0.4 is 10.2 Å². The average molecular weight is 396 g/mol. The fraction of sp³-hybridized carbons (Fsp3) is 0.556. The van der Waals surface area contributed by atoms with Gasteiger partial charge in [-0.1, -0.05) is 11.6 Å². The largest absolute Gasteiger partial charge is 0.444 e. The summed E-state index contributed by atoms with van der Waals surface area (Å²) >= 11 is 6.10. The molecule has 2 aromatic rings. The number of carbonyl (C=O) groups excluding carboxylic acids is 1. The second-order valence-electron chi connectivity index (χ2n) is 7.66. The first kappa shape index (κ1) is 19.5. The molecule has 0 radical (unpaired) electrons. The first-order chi connectivity index (χ1) is 12.6. The molecule has 3 rings (SSSR count). The molecular weight excluding hydrogens is 373 g/mol. The van der Waals surface area contributed by atoms with Gasteiger partial charge in [-0.25, -0.2) is 24.1 Å². The van der Waals surface area contributed by atoms with Gasteiger partial charge in [0, 0.05) is 13.1 Å². The van der Waals surface area contributed by atoms with Crippen LogP contribution in [0.25, 0.3) is 11.0 Å². The Morgan fingerprint density at radius 2 is 2.11 bits per heavy atom. The van der Waals surface area contributed by atoms with Gasteiger partial charge in [0.25, 0.3) is 0 Å². The van der Waals surface area contributed by atoms with Crippen LogP contribution in [-0.4, -0.2) is 51.9 Å². The number of hydrogen-bond acceptors (Lipinski definition) is 6. The number of halogens is 2. The lowest BCUT2D eigenvalue weighted by Gasteiger charge is -2.36. The number of nitrogens with one attached hydrogen (secondary N) is 1. The minimum atomic E-state index is -1.17. The zero-order valence-corrected chi connectivity index (χ0v) is 16.5. The number of aryl methyl sites for hydroxylation is 1. The molecule has 1 aliphatic rings. The number of alkyl halides is 1. The molecule has 1 aliphatic heterocycles. The van der Waals surface area contributed by atoms with Crippen molar-refractivity contribution in [3.63, 3.8) is 0 Å². The molecule has 1 saturated heterocycles. The van der Waals surface area contributed by atoms with Crippen LogP contribution in [0, 0.1) is 6.92 Å². The van der Waals surface area contributed by atoms with Gasteiger partial charge in [0.05, 0.1) is 11.6 Å². The Hall–Kier alpha value is -2.22. The van der Waals surface area contributed by atoms with Crippen molar-refractivity contribution in [1.29, 1.82) is 0 Å². The summed E-state index contributed by atoms with van der Waals surface area (Å²) in [6, 6.07) is 1.03. The third-order valence-corrected chi connectivity index (χ3v) is 4.45. The maximum Gasteiger partial charge on any atom is 0.408 e. The Kier molecular flexibility index (Phi) is 5.37. The molecule has 27 heavy (non-hydrogen) atoms. The number of nitrogens with zero attached hydrogens (tertiary/aromatic N) is 4. The molecule has 0 spiro atoms. The lowest BCUT2D eigenvalue weighted by molar-refractivity contribution is 0.0466. The van der Waals surface area contributed by atoms with Crippen LogP contribution in [0.3, 0.4) is 0 Å². The molecule has 2 unspecified atom stereocenters. The van der Waals surface area contributed by atoms with Gasteiger partial charge in [-0.2, -0.15) is 0 Å². The molecule has 2 aromatic heterocycles. The summed E-state index contributed by atoms with van der Waals surface area (Å²) in [6.45, 7) is 7.88. The number of rotatable bonds is 2. The van der Waals surface area contributed by atoms with Gasteiger partial charge in [0.15, 0.2) is 5.82 Å². The number of fused-ring (bicyclic) bond motifs is 1. The molecule has 1 N–H and O–H groups in total. The average Bonchev–Trinajstić information content (AvgIpc) is 2.54. The van der Waals surface area contributed by atoms with Gasteiger partial charge in [0.1, 0.15) is 28.8 Å². The third-order valence-electron chi connectivity index (χ3n) is 4.26. The van der Waals surface area contributed by atoms with Crippen LogP contribution in [0.2, 0.25) is 5.15 Å². The maximum absolute atomic E-state index is 14.4. The Morgan fingerprint density at radius 1 is 1.37 bits per heavy atom. The second-order valence-corrected chi connectivity index (χ2v) is 8.05. The van der Waals surface area contributed by atoms with E-state index in [1.54, 1.807) is 26.8 Å². The molecule has 146 valence electrons. The highest BCUT2D eigenvalue weighted by molar-refractivity contribution is 6.30. The Bertz CT molecular complexity index is 857. The van der Waals surface area contributed by atoms with Crippen LogP contribution >= 0.6 is 11.6 Å². The number of piperidine rings is 1. The Morgan fingerprint density at radius 3 is 2.81 bits per heavy atom. The lowest BCUT2D eigenvalue weighted by atomic mass is 10.0. The van der Waals surface area contributed by atoms with Crippen molar-refractivity contribution in [2.45, 2.75) is 51.9 Å². The minimum absolute atomic E-state index is 0.250. The maximum atomic E-state index is 14.4. The van der Waals surface area contributed by atoms with Crippen LogP contribution in [0.5, 0.6) is 0 Å². The first-order valence-corrected chi connectivity index (χ1v) is 9.18. The second kappa shape index (κ2) is 7.42. The number of aromatic nitrogens is 3. The number of amides is 1. The van der Waals surface area contributed by atoms with Crippen LogP contribution in [0.1, 0.15) is 32.8 Å². The van der Waals surface area contributed by atoms with E-state index in [0.717, 1.165) is 5.56 Å². The summed E-state index contributed by atoms with van der Waals surface area (Å²) in [5.74, 6) is 0.577. The number of pyridine rings is 1. The molecule has 7 nitrogen and oxygen atoms in total. The van der Waals surface area contributed by atoms with Crippen molar-refractivity contribution in [3.8, 4) is 0 Å². The number of carbonyl (C=O) groups is 1. The quantitative estimate of drug-likeness (QED) is 0.785. The monoisotopic (exact) mass is 395 g/mol. The number of alkyl carbamates (subject to hydrolysis) is 1. The van der Waals surface area contributed by atoms with Crippen molar-refractivity contribution in [2.24, 2.45) is 0 Å². The van der Waals surface area contributed by atoms with Crippen molar-refractivity contribution in [1.82, 2.24) is 20.3 Å². The van der Waals surface area contributed by atoms with E-state index in [2.05, 4.69) is 20.3 Å². The Labute approximate surface area is 162 Å². The molecule has 1 fully saturated rings. The van der Waals surface area contributed by atoms with Crippen molar-refractivity contribution < 1.29 is 13.9 Å².